The number of nitrogen functional groups attached to an aromatic ring is 1. The summed E-state index contributed by atoms with van der Waals surface area (Å²) in [7, 11) is 1.35. The number of aliphatic imine (C=N–C) groups is 1. The predicted molar refractivity (Wildman–Crippen MR) is 173 cm³/mol. The van der Waals surface area contributed by atoms with Gasteiger partial charge >= 0.3 is 18.1 Å². The normalized spacial score (nSPS) is 11.8. The smallest absolute Gasteiger partial charge is 0.497 e. The molecular weight excluding hydrogens is 650 g/mol. The van der Waals surface area contributed by atoms with Gasteiger partial charge in [-0.05, 0) is 50.2 Å². The lowest BCUT2D eigenvalue weighted by Gasteiger charge is -2.23. The molecular formula is C31H36F2N8O8. The van der Waals surface area contributed by atoms with Crippen LogP contribution in [0.5, 0.6) is 11.5 Å². The topological polar surface area (TPSA) is 225 Å². The average Bonchev–Trinajstić information content (AvgIpc) is 3.06. The summed E-state index contributed by atoms with van der Waals surface area (Å²) in [6.07, 6.45) is 1.59. The molecule has 0 fully saturated rings. The molecule has 0 amide bonds. The Bertz CT molecular complexity index is 1640. The molecule has 0 saturated carbocycles. The van der Waals surface area contributed by atoms with Crippen LogP contribution < -0.4 is 25.8 Å². The van der Waals surface area contributed by atoms with E-state index in [4.69, 9.17) is 45.0 Å². The monoisotopic (exact) mass is 686 g/mol. The summed E-state index contributed by atoms with van der Waals surface area (Å²) in [5.74, 6) is -2.30. The molecule has 0 saturated heterocycles. The number of alkyl halides is 1. The van der Waals surface area contributed by atoms with Gasteiger partial charge in [0.15, 0.2) is 17.4 Å². The standard InChI is InChI=1S/C31H36F2N8O8/c1-18(42)45-12-13-46-23-15-21(44-4)14-22(24(23)33)25(39-20-8-6-19(7-9-20)26(34)35)27(36)40-29(41-28-37-10-5-11-38-28)47-17-48-30(43)49-31(2,3)16-32/h5-11,14-15,25,39H,12-13,16-17H2,1-4H3,(H3,34,35)(H2,36,37,38,40,41)/t25-/m1/s1. The molecule has 16 nitrogen and oxygen atoms in total. The van der Waals surface area contributed by atoms with Crippen molar-refractivity contribution in [2.45, 2.75) is 32.4 Å². The molecule has 2 aromatic carbocycles. The Labute approximate surface area is 280 Å². The summed E-state index contributed by atoms with van der Waals surface area (Å²) in [5.41, 5.74) is 4.76. The zero-order valence-corrected chi connectivity index (χ0v) is 27.0. The van der Waals surface area contributed by atoms with Gasteiger partial charge in [0.1, 0.15) is 43.1 Å². The second-order valence-corrected chi connectivity index (χ2v) is 10.4. The highest BCUT2D eigenvalue weighted by molar-refractivity contribution is 6.01. The van der Waals surface area contributed by atoms with Crippen LogP contribution in [-0.4, -0.2) is 79.2 Å². The van der Waals surface area contributed by atoms with Crippen LogP contribution in [0, 0.1) is 16.6 Å². The molecule has 0 radical (unpaired) electrons. The number of carbonyl (C=O) groups excluding carboxylic acids is 2. The zero-order valence-electron chi connectivity index (χ0n) is 27.0. The number of halogens is 2. The fourth-order valence-corrected chi connectivity index (χ4v) is 3.71. The minimum Gasteiger partial charge on any atom is -0.497 e. The van der Waals surface area contributed by atoms with Gasteiger partial charge in [-0.1, -0.05) is 0 Å². The zero-order chi connectivity index (χ0) is 36.0. The lowest BCUT2D eigenvalue weighted by Crippen LogP contribution is -2.31. The van der Waals surface area contributed by atoms with E-state index in [0.29, 0.717) is 11.3 Å². The van der Waals surface area contributed by atoms with Gasteiger partial charge in [0.25, 0.3) is 0 Å². The van der Waals surface area contributed by atoms with Crippen molar-refractivity contribution in [2.24, 2.45) is 10.7 Å². The SMILES string of the molecule is COc1cc(OCCOC(C)=O)c(F)c([C@@H](Nc2ccc(C(=N)N)cc2)C(=N)/N=C(\Nc2ncccn2)OCOC(=O)OC(C)(C)CF)c1. The lowest BCUT2D eigenvalue weighted by molar-refractivity contribution is -0.141. The number of benzene rings is 2. The van der Waals surface area contributed by atoms with E-state index in [1.165, 1.54) is 52.4 Å². The molecule has 1 heterocycles. The van der Waals surface area contributed by atoms with Crippen molar-refractivity contribution in [3.05, 3.63) is 71.8 Å². The van der Waals surface area contributed by atoms with E-state index in [-0.39, 0.29) is 42.1 Å². The third-order valence-electron chi connectivity index (χ3n) is 6.07. The Morgan fingerprint density at radius 1 is 1.06 bits per heavy atom. The van der Waals surface area contributed by atoms with Crippen molar-refractivity contribution in [1.29, 1.82) is 10.8 Å². The number of aromatic nitrogens is 2. The summed E-state index contributed by atoms with van der Waals surface area (Å²) in [5, 5.41) is 22.3. The highest BCUT2D eigenvalue weighted by Crippen LogP contribution is 2.34. The summed E-state index contributed by atoms with van der Waals surface area (Å²) in [4.78, 5) is 35.4. The first-order valence-electron chi connectivity index (χ1n) is 14.4. The van der Waals surface area contributed by atoms with Gasteiger partial charge in [0, 0.05) is 42.2 Å². The molecule has 0 bridgehead atoms. The van der Waals surface area contributed by atoms with E-state index in [2.05, 4.69) is 25.6 Å². The highest BCUT2D eigenvalue weighted by atomic mass is 19.1. The molecule has 3 rings (SSSR count). The molecule has 3 aromatic rings. The maximum Gasteiger partial charge on any atom is 0.511 e. The fraction of sp³-hybridized carbons (Fsp3) is 0.323. The molecule has 262 valence electrons. The van der Waals surface area contributed by atoms with E-state index < -0.39 is 54.9 Å². The van der Waals surface area contributed by atoms with Crippen LogP contribution in [0.1, 0.15) is 37.9 Å². The molecule has 0 unspecified atom stereocenters. The Morgan fingerprint density at radius 2 is 1.76 bits per heavy atom. The number of esters is 1. The van der Waals surface area contributed by atoms with E-state index >= 15 is 4.39 Å². The Morgan fingerprint density at radius 3 is 2.37 bits per heavy atom. The van der Waals surface area contributed by atoms with E-state index in [1.807, 2.05) is 0 Å². The second kappa shape index (κ2) is 17.7. The minimum atomic E-state index is -1.45. The first-order chi connectivity index (χ1) is 23.3. The van der Waals surface area contributed by atoms with Gasteiger partial charge in [0.05, 0.1) is 7.11 Å². The Kier molecular flexibility index (Phi) is 13.5. The average molecular weight is 687 g/mol. The number of nitrogens with zero attached hydrogens (tertiary/aromatic N) is 3. The van der Waals surface area contributed by atoms with Gasteiger partial charge in [-0.2, -0.15) is 4.99 Å². The predicted octanol–water partition coefficient (Wildman–Crippen LogP) is 4.32. The van der Waals surface area contributed by atoms with Crippen molar-refractivity contribution >= 4 is 41.5 Å². The van der Waals surface area contributed by atoms with Gasteiger partial charge in [-0.15, -0.1) is 0 Å². The molecule has 18 heteroatoms. The van der Waals surface area contributed by atoms with Gasteiger partial charge in [0.2, 0.25) is 12.7 Å². The van der Waals surface area contributed by atoms with Crippen LogP contribution in [0.4, 0.5) is 25.2 Å². The van der Waals surface area contributed by atoms with Crippen LogP contribution >= 0.6 is 0 Å². The Balaban J connectivity index is 2.01. The lowest BCUT2D eigenvalue weighted by atomic mass is 10.0. The maximum absolute atomic E-state index is 16.1. The Hall–Kier alpha value is -6.07. The number of carbonyl (C=O) groups is 2. The van der Waals surface area contributed by atoms with Crippen molar-refractivity contribution in [2.75, 3.05) is 44.4 Å². The molecule has 1 aromatic heterocycles. The van der Waals surface area contributed by atoms with Gasteiger partial charge in [-0.25, -0.2) is 23.5 Å². The third-order valence-corrected chi connectivity index (χ3v) is 6.07. The largest absolute Gasteiger partial charge is 0.511 e. The van der Waals surface area contributed by atoms with E-state index in [1.54, 1.807) is 30.3 Å². The number of rotatable bonds is 15. The van der Waals surface area contributed by atoms with Crippen molar-refractivity contribution < 1.29 is 46.8 Å². The summed E-state index contributed by atoms with van der Waals surface area (Å²) in [6, 6.07) is 8.53. The summed E-state index contributed by atoms with van der Waals surface area (Å²) >= 11 is 0. The molecule has 0 aliphatic heterocycles. The fourth-order valence-electron chi connectivity index (χ4n) is 3.71. The molecule has 6 N–H and O–H groups in total. The third kappa shape index (κ3) is 11.9. The second-order valence-electron chi connectivity index (χ2n) is 10.4. The van der Waals surface area contributed by atoms with Gasteiger partial charge in [-0.3, -0.25) is 20.9 Å². The van der Waals surface area contributed by atoms with Crippen LogP contribution in [0.15, 0.2) is 59.9 Å². The summed E-state index contributed by atoms with van der Waals surface area (Å²) in [6.45, 7) is 1.79. The first-order valence-corrected chi connectivity index (χ1v) is 14.4. The number of methoxy groups -OCH3 is 1. The van der Waals surface area contributed by atoms with Crippen molar-refractivity contribution in [1.82, 2.24) is 9.97 Å². The maximum atomic E-state index is 16.1. The van der Waals surface area contributed by atoms with Crippen molar-refractivity contribution in [3.8, 4) is 11.5 Å². The number of nitrogens with two attached hydrogens (primary N) is 1. The van der Waals surface area contributed by atoms with Gasteiger partial charge < -0.3 is 39.5 Å². The van der Waals surface area contributed by atoms with Crippen LogP contribution in [0.2, 0.25) is 0 Å². The first kappa shape index (κ1) is 37.4. The van der Waals surface area contributed by atoms with Crippen molar-refractivity contribution in [3.63, 3.8) is 0 Å². The van der Waals surface area contributed by atoms with Crippen LogP contribution in [0.3, 0.4) is 0 Å². The summed E-state index contributed by atoms with van der Waals surface area (Å²) < 4.78 is 60.2. The minimum absolute atomic E-state index is 0.0180. The van der Waals surface area contributed by atoms with Crippen LogP contribution in [0.25, 0.3) is 0 Å². The quantitative estimate of drug-likeness (QED) is 0.0494. The molecule has 0 aliphatic carbocycles. The number of ether oxygens (including phenoxy) is 6. The number of nitrogens with one attached hydrogen (secondary N) is 4. The van der Waals surface area contributed by atoms with E-state index in [0.717, 1.165) is 0 Å². The number of hydrogen-bond donors (Lipinski definition) is 5. The number of anilines is 2. The van der Waals surface area contributed by atoms with Crippen LogP contribution in [-0.2, 0) is 23.7 Å². The molecule has 0 spiro atoms. The van der Waals surface area contributed by atoms with E-state index in [9.17, 15) is 14.0 Å². The number of hydrogen-bond acceptors (Lipinski definition) is 13. The molecule has 0 aliphatic rings. The molecule has 49 heavy (non-hydrogen) atoms. The number of amidine groups is 3. The highest BCUT2D eigenvalue weighted by Gasteiger charge is 2.27. The molecule has 1 atom stereocenters.